The molecular weight excluding hydrogens is 214 g/mol. The number of hydrogen-bond donors (Lipinski definition) is 1. The number of benzene rings is 1. The van der Waals surface area contributed by atoms with Crippen LogP contribution >= 0.6 is 0 Å². The lowest BCUT2D eigenvalue weighted by molar-refractivity contribution is 0.0497. The van der Waals surface area contributed by atoms with Gasteiger partial charge in [-0.2, -0.15) is 0 Å². The minimum absolute atomic E-state index is 0.153. The topological polar surface area (TPSA) is 32.7 Å². The van der Waals surface area contributed by atoms with Crippen molar-refractivity contribution in [2.75, 3.05) is 27.8 Å². The highest BCUT2D eigenvalue weighted by Crippen LogP contribution is 2.41. The first kappa shape index (κ1) is 12.4. The van der Waals surface area contributed by atoms with Gasteiger partial charge in [0.25, 0.3) is 0 Å². The third kappa shape index (κ3) is 1.83. The second kappa shape index (κ2) is 4.67. The minimum Gasteiger partial charge on any atom is -0.496 e. The monoisotopic (exact) mass is 235 g/mol. The molecule has 1 aromatic rings. The lowest BCUT2D eigenvalue weighted by Crippen LogP contribution is -2.47. The number of hydrogen-bond acceptors (Lipinski definition) is 3. The minimum atomic E-state index is -0.248. The molecule has 17 heavy (non-hydrogen) atoms. The summed E-state index contributed by atoms with van der Waals surface area (Å²) in [7, 11) is 5.77. The van der Waals surface area contributed by atoms with E-state index in [1.807, 2.05) is 26.2 Å². The van der Waals surface area contributed by atoms with Gasteiger partial charge in [0, 0.05) is 0 Å². The fraction of sp³-hybridized carbons (Fsp3) is 0.571. The molecule has 3 heteroatoms. The summed E-state index contributed by atoms with van der Waals surface area (Å²) in [5.74, 6) is 0.946. The predicted octanol–water partition coefficient (Wildman–Crippen LogP) is 1.78. The van der Waals surface area contributed by atoms with E-state index in [9.17, 15) is 5.11 Å². The summed E-state index contributed by atoms with van der Waals surface area (Å²) in [6, 6.07) is 6.13. The molecule has 1 atom stereocenters. The number of aliphatic hydroxyl groups excluding tert-OH is 1. The molecule has 0 bridgehead atoms. The molecule has 1 aromatic carbocycles. The molecule has 1 N–H and O–H groups in total. The SMILES string of the molecule is COc1cccc2c1CCCC2(CO)N(C)C. The van der Waals surface area contributed by atoms with E-state index < -0.39 is 0 Å². The smallest absolute Gasteiger partial charge is 0.122 e. The Balaban J connectivity index is 2.58. The van der Waals surface area contributed by atoms with Crippen molar-refractivity contribution in [3.63, 3.8) is 0 Å². The molecular formula is C14H21NO2. The molecule has 0 saturated carbocycles. The molecule has 1 aliphatic rings. The molecule has 1 unspecified atom stereocenters. The molecule has 0 aromatic heterocycles. The Hall–Kier alpha value is -1.06. The van der Waals surface area contributed by atoms with Crippen LogP contribution in [0.25, 0.3) is 0 Å². The Labute approximate surface area is 103 Å². The van der Waals surface area contributed by atoms with E-state index in [0.717, 1.165) is 25.0 Å². The number of likely N-dealkylation sites (N-methyl/N-ethyl adjacent to an activating group) is 1. The van der Waals surface area contributed by atoms with Crippen molar-refractivity contribution in [1.82, 2.24) is 4.90 Å². The molecule has 0 aliphatic heterocycles. The van der Waals surface area contributed by atoms with E-state index >= 15 is 0 Å². The van der Waals surface area contributed by atoms with Gasteiger partial charge in [-0.05, 0) is 50.6 Å². The molecule has 94 valence electrons. The quantitative estimate of drug-likeness (QED) is 0.867. The van der Waals surface area contributed by atoms with Crippen LogP contribution in [0.4, 0.5) is 0 Å². The highest BCUT2D eigenvalue weighted by Gasteiger charge is 2.38. The van der Waals surface area contributed by atoms with Crippen LogP contribution in [0.2, 0.25) is 0 Å². The fourth-order valence-corrected chi connectivity index (χ4v) is 2.91. The van der Waals surface area contributed by atoms with Crippen LogP contribution in [-0.2, 0) is 12.0 Å². The number of aliphatic hydroxyl groups is 1. The van der Waals surface area contributed by atoms with Gasteiger partial charge >= 0.3 is 0 Å². The van der Waals surface area contributed by atoms with Gasteiger partial charge in [-0.25, -0.2) is 0 Å². The van der Waals surface area contributed by atoms with Crippen LogP contribution in [0.15, 0.2) is 18.2 Å². The van der Waals surface area contributed by atoms with Crippen molar-refractivity contribution in [3.05, 3.63) is 29.3 Å². The van der Waals surface area contributed by atoms with E-state index in [1.54, 1.807) is 7.11 Å². The molecule has 0 spiro atoms. The largest absolute Gasteiger partial charge is 0.496 e. The molecule has 0 fully saturated rings. The van der Waals surface area contributed by atoms with Crippen LogP contribution in [0.5, 0.6) is 5.75 Å². The fourth-order valence-electron chi connectivity index (χ4n) is 2.91. The first-order valence-corrected chi connectivity index (χ1v) is 6.10. The van der Waals surface area contributed by atoms with Gasteiger partial charge in [-0.1, -0.05) is 12.1 Å². The van der Waals surface area contributed by atoms with Crippen LogP contribution in [0.3, 0.4) is 0 Å². The van der Waals surface area contributed by atoms with Gasteiger partial charge in [-0.15, -0.1) is 0 Å². The molecule has 0 radical (unpaired) electrons. The van der Waals surface area contributed by atoms with E-state index in [-0.39, 0.29) is 12.1 Å². The number of methoxy groups -OCH3 is 1. The van der Waals surface area contributed by atoms with Gasteiger partial charge < -0.3 is 9.84 Å². The van der Waals surface area contributed by atoms with Gasteiger partial charge in [0.2, 0.25) is 0 Å². The molecule has 0 amide bonds. The van der Waals surface area contributed by atoms with E-state index in [4.69, 9.17) is 4.74 Å². The number of nitrogens with zero attached hydrogens (tertiary/aromatic N) is 1. The summed E-state index contributed by atoms with van der Waals surface area (Å²) in [6.45, 7) is 0.153. The van der Waals surface area contributed by atoms with Gasteiger partial charge in [-0.3, -0.25) is 4.90 Å². The highest BCUT2D eigenvalue weighted by atomic mass is 16.5. The molecule has 0 saturated heterocycles. The van der Waals surface area contributed by atoms with Crippen molar-refractivity contribution < 1.29 is 9.84 Å². The Morgan fingerprint density at radius 2 is 2.18 bits per heavy atom. The summed E-state index contributed by atoms with van der Waals surface area (Å²) >= 11 is 0. The lowest BCUT2D eigenvalue weighted by Gasteiger charge is -2.43. The Bertz CT molecular complexity index is 403. The highest BCUT2D eigenvalue weighted by molar-refractivity contribution is 5.45. The van der Waals surface area contributed by atoms with Crippen molar-refractivity contribution in [2.24, 2.45) is 0 Å². The van der Waals surface area contributed by atoms with E-state index in [0.29, 0.717) is 0 Å². The first-order valence-electron chi connectivity index (χ1n) is 6.10. The maximum Gasteiger partial charge on any atom is 0.122 e. The Kier molecular flexibility index (Phi) is 3.40. The summed E-state index contributed by atoms with van der Waals surface area (Å²) in [6.07, 6.45) is 3.12. The standard InChI is InChI=1S/C14H21NO2/c1-15(2)14(10-16)9-5-6-11-12(14)7-4-8-13(11)17-3/h4,7-8,16H,5-6,9-10H2,1-3H3. The maximum atomic E-state index is 9.84. The van der Waals surface area contributed by atoms with E-state index in [1.165, 1.54) is 11.1 Å². The third-order valence-electron chi connectivity index (χ3n) is 3.99. The normalized spacial score (nSPS) is 23.6. The molecule has 1 aliphatic carbocycles. The second-order valence-electron chi connectivity index (χ2n) is 4.92. The maximum absolute atomic E-state index is 9.84. The summed E-state index contributed by atoms with van der Waals surface area (Å²) in [5.41, 5.74) is 2.22. The van der Waals surface area contributed by atoms with Crippen molar-refractivity contribution in [3.8, 4) is 5.75 Å². The zero-order chi connectivity index (χ0) is 12.5. The second-order valence-corrected chi connectivity index (χ2v) is 4.92. The predicted molar refractivity (Wildman–Crippen MR) is 68.4 cm³/mol. The van der Waals surface area contributed by atoms with Crippen LogP contribution < -0.4 is 4.74 Å². The Morgan fingerprint density at radius 1 is 1.41 bits per heavy atom. The van der Waals surface area contributed by atoms with Crippen molar-refractivity contribution >= 4 is 0 Å². The lowest BCUT2D eigenvalue weighted by atomic mass is 9.76. The number of ether oxygens (including phenoxy) is 1. The van der Waals surface area contributed by atoms with Crippen molar-refractivity contribution in [2.45, 2.75) is 24.8 Å². The Morgan fingerprint density at radius 3 is 2.76 bits per heavy atom. The molecule has 2 rings (SSSR count). The zero-order valence-electron chi connectivity index (χ0n) is 10.9. The average molecular weight is 235 g/mol. The van der Waals surface area contributed by atoms with Gasteiger partial charge in [0.05, 0.1) is 19.3 Å². The third-order valence-corrected chi connectivity index (χ3v) is 3.99. The van der Waals surface area contributed by atoms with Crippen LogP contribution in [0, 0.1) is 0 Å². The average Bonchev–Trinajstić information content (AvgIpc) is 2.36. The van der Waals surface area contributed by atoms with Crippen LogP contribution in [-0.4, -0.2) is 37.8 Å². The summed E-state index contributed by atoms with van der Waals surface area (Å²) < 4.78 is 5.43. The van der Waals surface area contributed by atoms with E-state index in [2.05, 4.69) is 11.0 Å². The molecule has 0 heterocycles. The van der Waals surface area contributed by atoms with Gasteiger partial charge in [0.15, 0.2) is 0 Å². The number of fused-ring (bicyclic) bond motifs is 1. The summed E-state index contributed by atoms with van der Waals surface area (Å²) in [5, 5.41) is 9.84. The zero-order valence-corrected chi connectivity index (χ0v) is 10.9. The first-order chi connectivity index (χ1) is 8.15. The number of rotatable bonds is 3. The van der Waals surface area contributed by atoms with Crippen LogP contribution in [0.1, 0.15) is 24.0 Å². The molecule has 3 nitrogen and oxygen atoms in total. The van der Waals surface area contributed by atoms with Gasteiger partial charge in [0.1, 0.15) is 5.75 Å². The van der Waals surface area contributed by atoms with Crippen molar-refractivity contribution in [1.29, 1.82) is 0 Å². The summed E-state index contributed by atoms with van der Waals surface area (Å²) in [4.78, 5) is 2.13.